The lowest BCUT2D eigenvalue weighted by Crippen LogP contribution is -2.36. The second kappa shape index (κ2) is 10.8. The standard InChI is InChI=1S/C22H20ClN7O6/c1-13-19(23)20(30(33)34)27-29(13)11-17-26-22(36-28-17)21(32)25-10-9-24-18(31)12-35-16-8-4-6-14-5-2-3-7-15(14)16/h2-8H,9-12H2,1H3,(H,24,31)(H,25,32). The number of fused-ring (bicyclic) bond motifs is 1. The van der Waals surface area contributed by atoms with Crippen LogP contribution in [0.25, 0.3) is 10.8 Å². The van der Waals surface area contributed by atoms with E-state index in [4.69, 9.17) is 20.9 Å². The van der Waals surface area contributed by atoms with Crippen molar-refractivity contribution < 1.29 is 23.8 Å². The molecule has 13 nitrogen and oxygen atoms in total. The van der Waals surface area contributed by atoms with Gasteiger partial charge in [-0.3, -0.25) is 9.59 Å². The Labute approximate surface area is 208 Å². The van der Waals surface area contributed by atoms with Crippen molar-refractivity contribution in [3.8, 4) is 5.75 Å². The second-order valence-electron chi connectivity index (χ2n) is 7.53. The lowest BCUT2D eigenvalue weighted by molar-refractivity contribution is -0.389. The molecule has 2 amide bonds. The highest BCUT2D eigenvalue weighted by atomic mass is 35.5. The molecule has 0 aliphatic heterocycles. The fraction of sp³-hybridized carbons (Fsp3) is 0.227. The molecule has 4 aromatic rings. The van der Waals surface area contributed by atoms with Crippen LogP contribution in [0.1, 0.15) is 22.2 Å². The molecule has 36 heavy (non-hydrogen) atoms. The molecule has 0 aliphatic rings. The zero-order valence-corrected chi connectivity index (χ0v) is 19.7. The lowest BCUT2D eigenvalue weighted by Gasteiger charge is -2.10. The van der Waals surface area contributed by atoms with Crippen LogP contribution in [-0.2, 0) is 11.3 Å². The van der Waals surface area contributed by atoms with Gasteiger partial charge in [0, 0.05) is 18.5 Å². The Bertz CT molecular complexity index is 1430. The van der Waals surface area contributed by atoms with Crippen molar-refractivity contribution in [2.75, 3.05) is 19.7 Å². The molecule has 4 rings (SSSR count). The number of nitrogens with one attached hydrogen (secondary N) is 2. The van der Waals surface area contributed by atoms with Crippen LogP contribution >= 0.6 is 11.6 Å². The Morgan fingerprint density at radius 3 is 2.69 bits per heavy atom. The van der Waals surface area contributed by atoms with Gasteiger partial charge in [-0.25, -0.2) is 0 Å². The van der Waals surface area contributed by atoms with Gasteiger partial charge in [-0.05, 0) is 23.3 Å². The summed E-state index contributed by atoms with van der Waals surface area (Å²) in [5.41, 5.74) is 0.347. The van der Waals surface area contributed by atoms with E-state index in [1.165, 1.54) is 4.68 Å². The number of amides is 2. The van der Waals surface area contributed by atoms with E-state index in [0.29, 0.717) is 11.4 Å². The first-order chi connectivity index (χ1) is 17.3. The van der Waals surface area contributed by atoms with Gasteiger partial charge in [-0.1, -0.05) is 53.2 Å². The molecule has 14 heteroatoms. The van der Waals surface area contributed by atoms with Gasteiger partial charge in [0.15, 0.2) is 17.5 Å². The number of nitrogens with zero attached hydrogens (tertiary/aromatic N) is 5. The van der Waals surface area contributed by atoms with E-state index in [1.807, 2.05) is 36.4 Å². The predicted molar refractivity (Wildman–Crippen MR) is 127 cm³/mol. The zero-order chi connectivity index (χ0) is 25.7. The topological polar surface area (TPSA) is 167 Å². The lowest BCUT2D eigenvalue weighted by atomic mass is 10.1. The van der Waals surface area contributed by atoms with Gasteiger partial charge in [0.2, 0.25) is 0 Å². The van der Waals surface area contributed by atoms with E-state index in [9.17, 15) is 19.7 Å². The minimum atomic E-state index is -0.699. The zero-order valence-electron chi connectivity index (χ0n) is 18.9. The molecule has 0 aliphatic carbocycles. The minimum Gasteiger partial charge on any atom is -0.483 e. The molecule has 186 valence electrons. The normalized spacial score (nSPS) is 10.8. The molecule has 0 spiro atoms. The van der Waals surface area contributed by atoms with E-state index in [0.717, 1.165) is 10.8 Å². The van der Waals surface area contributed by atoms with E-state index < -0.39 is 16.6 Å². The predicted octanol–water partition coefficient (Wildman–Crippen LogP) is 2.26. The summed E-state index contributed by atoms with van der Waals surface area (Å²) in [5.74, 6) is -1.10. The summed E-state index contributed by atoms with van der Waals surface area (Å²) >= 11 is 5.91. The molecule has 0 saturated carbocycles. The number of rotatable bonds is 10. The molecule has 0 unspecified atom stereocenters. The van der Waals surface area contributed by atoms with Gasteiger partial charge in [0.05, 0.1) is 10.8 Å². The summed E-state index contributed by atoms with van der Waals surface area (Å²) in [4.78, 5) is 38.5. The monoisotopic (exact) mass is 513 g/mol. The summed E-state index contributed by atoms with van der Waals surface area (Å²) in [5, 5.41) is 25.4. The number of nitro groups is 1. The third kappa shape index (κ3) is 5.58. The molecule has 2 heterocycles. The van der Waals surface area contributed by atoms with Crippen molar-refractivity contribution in [3.63, 3.8) is 0 Å². The van der Waals surface area contributed by atoms with Crippen LogP contribution in [0, 0.1) is 17.0 Å². The third-order valence-corrected chi connectivity index (χ3v) is 5.53. The summed E-state index contributed by atoms with van der Waals surface area (Å²) < 4.78 is 11.8. The molecule has 0 bridgehead atoms. The number of carbonyl (C=O) groups is 2. The molecular formula is C22H20ClN7O6. The number of aromatic nitrogens is 4. The van der Waals surface area contributed by atoms with Crippen LogP contribution in [-0.4, -0.2) is 56.4 Å². The Morgan fingerprint density at radius 2 is 1.92 bits per heavy atom. The van der Waals surface area contributed by atoms with E-state index >= 15 is 0 Å². The van der Waals surface area contributed by atoms with E-state index in [2.05, 4.69) is 25.9 Å². The van der Waals surface area contributed by atoms with Crippen molar-refractivity contribution in [1.29, 1.82) is 0 Å². The maximum absolute atomic E-state index is 12.2. The van der Waals surface area contributed by atoms with Crippen LogP contribution in [0.15, 0.2) is 47.0 Å². The molecule has 2 aromatic heterocycles. The minimum absolute atomic E-state index is 0.0798. The summed E-state index contributed by atoms with van der Waals surface area (Å²) in [6.07, 6.45) is 0. The van der Waals surface area contributed by atoms with Gasteiger partial charge in [-0.15, -0.1) is 0 Å². The first kappa shape index (κ1) is 24.6. The Kier molecular flexibility index (Phi) is 7.39. The largest absolute Gasteiger partial charge is 0.483 e. The summed E-state index contributed by atoms with van der Waals surface area (Å²) in [6, 6.07) is 13.3. The number of hydrogen-bond acceptors (Lipinski definition) is 9. The van der Waals surface area contributed by atoms with Crippen molar-refractivity contribution >= 4 is 40.0 Å². The summed E-state index contributed by atoms with van der Waals surface area (Å²) in [7, 11) is 0. The molecule has 0 atom stereocenters. The van der Waals surface area contributed by atoms with E-state index in [1.54, 1.807) is 13.0 Å². The van der Waals surface area contributed by atoms with Crippen molar-refractivity contribution in [2.45, 2.75) is 13.5 Å². The highest BCUT2D eigenvalue weighted by Gasteiger charge is 2.25. The van der Waals surface area contributed by atoms with Gasteiger partial charge in [0.1, 0.15) is 12.3 Å². The SMILES string of the molecule is Cc1c(Cl)c([N+](=O)[O-])nn1Cc1noc(C(=O)NCCNC(=O)COc2cccc3ccccc23)n1. The first-order valence-corrected chi connectivity index (χ1v) is 11.1. The smallest absolute Gasteiger partial charge is 0.408 e. The number of benzene rings is 2. The highest BCUT2D eigenvalue weighted by molar-refractivity contribution is 6.33. The highest BCUT2D eigenvalue weighted by Crippen LogP contribution is 2.27. The Balaban J connectivity index is 1.21. The molecule has 0 fully saturated rings. The van der Waals surface area contributed by atoms with Crippen LogP contribution in [0.3, 0.4) is 0 Å². The fourth-order valence-electron chi connectivity index (χ4n) is 3.29. The molecule has 2 aromatic carbocycles. The Hall–Kier alpha value is -4.52. The average Bonchev–Trinajstić information content (AvgIpc) is 3.45. The number of carbonyl (C=O) groups excluding carboxylic acids is 2. The van der Waals surface area contributed by atoms with Crippen molar-refractivity contribution in [2.24, 2.45) is 0 Å². The number of halogens is 1. The number of hydrogen-bond donors (Lipinski definition) is 2. The molecular weight excluding hydrogens is 494 g/mol. The van der Waals surface area contributed by atoms with Crippen LogP contribution in [0.2, 0.25) is 5.02 Å². The van der Waals surface area contributed by atoms with Crippen molar-refractivity contribution in [1.82, 2.24) is 30.6 Å². The van der Waals surface area contributed by atoms with E-state index in [-0.39, 0.29) is 48.9 Å². The second-order valence-corrected chi connectivity index (χ2v) is 7.90. The van der Waals surface area contributed by atoms with Crippen molar-refractivity contribution in [3.05, 3.63) is 75.0 Å². The quantitative estimate of drug-likeness (QED) is 0.183. The van der Waals surface area contributed by atoms with Gasteiger partial charge < -0.3 is 30.0 Å². The van der Waals surface area contributed by atoms with Crippen LogP contribution in [0.4, 0.5) is 5.82 Å². The van der Waals surface area contributed by atoms with Crippen LogP contribution < -0.4 is 15.4 Å². The fourth-order valence-corrected chi connectivity index (χ4v) is 3.50. The van der Waals surface area contributed by atoms with Gasteiger partial charge in [0.25, 0.3) is 5.91 Å². The third-order valence-electron chi connectivity index (χ3n) is 5.08. The molecule has 0 saturated heterocycles. The maximum Gasteiger partial charge on any atom is 0.408 e. The first-order valence-electron chi connectivity index (χ1n) is 10.7. The Morgan fingerprint density at radius 1 is 1.17 bits per heavy atom. The molecule has 2 N–H and O–H groups in total. The van der Waals surface area contributed by atoms with Crippen LogP contribution in [0.5, 0.6) is 5.75 Å². The maximum atomic E-state index is 12.2. The summed E-state index contributed by atoms with van der Waals surface area (Å²) in [6.45, 7) is 1.56. The van der Waals surface area contributed by atoms with Gasteiger partial charge in [-0.2, -0.15) is 9.67 Å². The van der Waals surface area contributed by atoms with Gasteiger partial charge >= 0.3 is 17.6 Å². The number of ether oxygens (including phenoxy) is 1. The molecule has 0 radical (unpaired) electrons. The average molecular weight is 514 g/mol.